The molecule has 0 aliphatic carbocycles. The van der Waals surface area contributed by atoms with Crippen LogP contribution in [-0.2, 0) is 0 Å². The van der Waals surface area contributed by atoms with Crippen molar-refractivity contribution in [3.63, 3.8) is 0 Å². The van der Waals surface area contributed by atoms with E-state index in [2.05, 4.69) is 24.5 Å². The number of rotatable bonds is 8. The zero-order valence-electron chi connectivity index (χ0n) is 15.5. The summed E-state index contributed by atoms with van der Waals surface area (Å²) in [5, 5.41) is 5.73. The largest absolute Gasteiger partial charge is 0.492 e. The summed E-state index contributed by atoms with van der Waals surface area (Å²) in [4.78, 5) is 24.5. The first kappa shape index (κ1) is 19.5. The SMILES string of the molecule is CCOc1ccccc1NC(=O)c1ccc(C(=O)NCCC(C)C)cc1. The Morgan fingerprint density at radius 2 is 1.58 bits per heavy atom. The average molecular weight is 354 g/mol. The molecule has 5 heteroatoms. The van der Waals surface area contributed by atoms with Gasteiger partial charge in [-0.2, -0.15) is 0 Å². The molecule has 2 rings (SSSR count). The lowest BCUT2D eigenvalue weighted by molar-refractivity contribution is 0.0950. The van der Waals surface area contributed by atoms with Crippen LogP contribution < -0.4 is 15.4 Å². The molecule has 2 aromatic rings. The number of anilines is 1. The van der Waals surface area contributed by atoms with Gasteiger partial charge in [-0.1, -0.05) is 26.0 Å². The Morgan fingerprint density at radius 3 is 2.19 bits per heavy atom. The van der Waals surface area contributed by atoms with E-state index in [4.69, 9.17) is 4.74 Å². The van der Waals surface area contributed by atoms with E-state index >= 15 is 0 Å². The minimum atomic E-state index is -0.246. The Balaban J connectivity index is 1.99. The van der Waals surface area contributed by atoms with Gasteiger partial charge in [-0.3, -0.25) is 9.59 Å². The van der Waals surface area contributed by atoms with Crippen molar-refractivity contribution in [2.75, 3.05) is 18.5 Å². The van der Waals surface area contributed by atoms with Crippen LogP contribution in [-0.4, -0.2) is 25.0 Å². The van der Waals surface area contributed by atoms with Crippen LogP contribution in [0, 0.1) is 5.92 Å². The van der Waals surface area contributed by atoms with Gasteiger partial charge in [-0.05, 0) is 55.7 Å². The van der Waals surface area contributed by atoms with Crippen LogP contribution in [0.5, 0.6) is 5.75 Å². The number of ether oxygens (including phenoxy) is 1. The van der Waals surface area contributed by atoms with Crippen LogP contribution >= 0.6 is 0 Å². The van der Waals surface area contributed by atoms with Crippen LogP contribution in [0.4, 0.5) is 5.69 Å². The minimum Gasteiger partial charge on any atom is -0.492 e. The first-order valence-corrected chi connectivity index (χ1v) is 8.92. The van der Waals surface area contributed by atoms with Crippen molar-refractivity contribution in [3.05, 3.63) is 59.7 Å². The lowest BCUT2D eigenvalue weighted by atomic mass is 10.1. The summed E-state index contributed by atoms with van der Waals surface area (Å²) in [6.45, 7) is 7.29. The van der Waals surface area contributed by atoms with E-state index in [9.17, 15) is 9.59 Å². The Hall–Kier alpha value is -2.82. The maximum absolute atomic E-state index is 12.4. The maximum Gasteiger partial charge on any atom is 0.255 e. The normalized spacial score (nSPS) is 10.5. The molecule has 5 nitrogen and oxygen atoms in total. The fraction of sp³-hybridized carbons (Fsp3) is 0.333. The van der Waals surface area contributed by atoms with Gasteiger partial charge in [0.2, 0.25) is 0 Å². The highest BCUT2D eigenvalue weighted by molar-refractivity contribution is 6.05. The Kier molecular flexibility index (Phi) is 7.21. The summed E-state index contributed by atoms with van der Waals surface area (Å²) in [6, 6.07) is 13.9. The van der Waals surface area contributed by atoms with Crippen molar-refractivity contribution < 1.29 is 14.3 Å². The van der Waals surface area contributed by atoms with Crippen LogP contribution in [0.25, 0.3) is 0 Å². The highest BCUT2D eigenvalue weighted by Gasteiger charge is 2.11. The third-order valence-electron chi connectivity index (χ3n) is 3.85. The van der Waals surface area contributed by atoms with E-state index in [1.165, 1.54) is 0 Å². The Bertz CT molecular complexity index is 739. The number of nitrogens with one attached hydrogen (secondary N) is 2. The minimum absolute atomic E-state index is 0.126. The number of carbonyl (C=O) groups is 2. The van der Waals surface area contributed by atoms with Crippen molar-refractivity contribution in [2.45, 2.75) is 27.2 Å². The molecule has 0 spiro atoms. The van der Waals surface area contributed by atoms with Crippen molar-refractivity contribution >= 4 is 17.5 Å². The summed E-state index contributed by atoms with van der Waals surface area (Å²) < 4.78 is 5.51. The van der Waals surface area contributed by atoms with Gasteiger partial charge in [0.15, 0.2) is 0 Å². The first-order chi connectivity index (χ1) is 12.5. The molecule has 0 aromatic heterocycles. The van der Waals surface area contributed by atoms with Crippen molar-refractivity contribution in [1.82, 2.24) is 5.32 Å². The van der Waals surface area contributed by atoms with Crippen LogP contribution in [0.2, 0.25) is 0 Å². The number of hydrogen-bond acceptors (Lipinski definition) is 3. The van der Waals surface area contributed by atoms with Crippen LogP contribution in [0.1, 0.15) is 47.9 Å². The van der Waals surface area contributed by atoms with Gasteiger partial charge in [-0.15, -0.1) is 0 Å². The predicted octanol–water partition coefficient (Wildman–Crippen LogP) is 4.11. The first-order valence-electron chi connectivity index (χ1n) is 8.92. The highest BCUT2D eigenvalue weighted by Crippen LogP contribution is 2.24. The number of hydrogen-bond donors (Lipinski definition) is 2. The molecule has 0 atom stereocenters. The lowest BCUT2D eigenvalue weighted by Gasteiger charge is -2.11. The average Bonchev–Trinajstić information content (AvgIpc) is 2.63. The van der Waals surface area contributed by atoms with Gasteiger partial charge in [-0.25, -0.2) is 0 Å². The second kappa shape index (κ2) is 9.61. The van der Waals surface area contributed by atoms with Gasteiger partial charge < -0.3 is 15.4 Å². The van der Waals surface area contributed by atoms with Crippen molar-refractivity contribution in [2.24, 2.45) is 5.92 Å². The van der Waals surface area contributed by atoms with Gasteiger partial charge in [0.05, 0.1) is 12.3 Å². The molecule has 26 heavy (non-hydrogen) atoms. The molecule has 2 amide bonds. The number of benzene rings is 2. The quantitative estimate of drug-likeness (QED) is 0.749. The predicted molar refractivity (Wildman–Crippen MR) is 104 cm³/mol. The Labute approximate surface area is 154 Å². The van der Waals surface area contributed by atoms with Crippen LogP contribution in [0.3, 0.4) is 0 Å². The van der Waals surface area contributed by atoms with E-state index in [-0.39, 0.29) is 11.8 Å². The standard InChI is InChI=1S/C21H26N2O3/c1-4-26-19-8-6-5-7-18(19)23-21(25)17-11-9-16(10-12-17)20(24)22-14-13-15(2)3/h5-12,15H,4,13-14H2,1-3H3,(H,22,24)(H,23,25). The zero-order valence-corrected chi connectivity index (χ0v) is 15.5. The number of para-hydroxylation sites is 2. The van der Waals surface area contributed by atoms with E-state index in [1.807, 2.05) is 25.1 Å². The summed E-state index contributed by atoms with van der Waals surface area (Å²) in [5.74, 6) is 0.800. The molecule has 0 fully saturated rings. The third kappa shape index (κ3) is 5.62. The van der Waals surface area contributed by atoms with Gasteiger partial charge in [0.1, 0.15) is 5.75 Å². The van der Waals surface area contributed by atoms with E-state index in [0.717, 1.165) is 6.42 Å². The Morgan fingerprint density at radius 1 is 0.962 bits per heavy atom. The molecule has 0 radical (unpaired) electrons. The van der Waals surface area contributed by atoms with Gasteiger partial charge >= 0.3 is 0 Å². The molecule has 0 heterocycles. The number of amides is 2. The topological polar surface area (TPSA) is 67.4 Å². The smallest absolute Gasteiger partial charge is 0.255 e. The van der Waals surface area contributed by atoms with E-state index in [0.29, 0.717) is 41.6 Å². The molecule has 0 aliphatic rings. The second-order valence-corrected chi connectivity index (χ2v) is 6.40. The molecule has 0 aliphatic heterocycles. The molecule has 0 unspecified atom stereocenters. The molecule has 0 saturated heterocycles. The van der Waals surface area contributed by atoms with Crippen molar-refractivity contribution in [3.8, 4) is 5.75 Å². The molecule has 0 bridgehead atoms. The monoisotopic (exact) mass is 354 g/mol. The lowest BCUT2D eigenvalue weighted by Crippen LogP contribution is -2.25. The zero-order chi connectivity index (χ0) is 18.9. The fourth-order valence-corrected chi connectivity index (χ4v) is 2.40. The van der Waals surface area contributed by atoms with Gasteiger partial charge in [0.25, 0.3) is 11.8 Å². The molecular formula is C21H26N2O3. The van der Waals surface area contributed by atoms with Crippen molar-refractivity contribution in [1.29, 1.82) is 0 Å². The van der Waals surface area contributed by atoms with E-state index < -0.39 is 0 Å². The molecule has 0 saturated carbocycles. The second-order valence-electron chi connectivity index (χ2n) is 6.40. The number of carbonyl (C=O) groups excluding carboxylic acids is 2. The summed E-state index contributed by atoms with van der Waals surface area (Å²) in [5.41, 5.74) is 1.64. The maximum atomic E-state index is 12.4. The molecule has 2 aromatic carbocycles. The van der Waals surface area contributed by atoms with Crippen LogP contribution in [0.15, 0.2) is 48.5 Å². The summed E-state index contributed by atoms with van der Waals surface area (Å²) in [6.07, 6.45) is 0.936. The molecular weight excluding hydrogens is 328 g/mol. The summed E-state index contributed by atoms with van der Waals surface area (Å²) in [7, 11) is 0. The fourth-order valence-electron chi connectivity index (χ4n) is 2.40. The van der Waals surface area contributed by atoms with Gasteiger partial charge in [0, 0.05) is 17.7 Å². The third-order valence-corrected chi connectivity index (χ3v) is 3.85. The highest BCUT2D eigenvalue weighted by atomic mass is 16.5. The van der Waals surface area contributed by atoms with E-state index in [1.54, 1.807) is 30.3 Å². The molecule has 138 valence electrons. The molecule has 2 N–H and O–H groups in total. The summed E-state index contributed by atoms with van der Waals surface area (Å²) >= 11 is 0.